The highest BCUT2D eigenvalue weighted by Gasteiger charge is 2.17. The molecule has 6 nitrogen and oxygen atoms in total. The number of nitrogens with one attached hydrogen (secondary N) is 3. The molecular formula is C16H25N3O3S. The molecule has 2 rings (SSSR count). The highest BCUT2D eigenvalue weighted by Crippen LogP contribution is 2.20. The first-order valence-electron chi connectivity index (χ1n) is 7.97. The lowest BCUT2D eigenvalue weighted by Gasteiger charge is -2.22. The summed E-state index contributed by atoms with van der Waals surface area (Å²) < 4.78 is 27.4. The van der Waals surface area contributed by atoms with Gasteiger partial charge in [-0.15, -0.1) is 0 Å². The molecule has 1 atom stereocenters. The first-order chi connectivity index (χ1) is 10.9. The monoisotopic (exact) mass is 339 g/mol. The van der Waals surface area contributed by atoms with Crippen molar-refractivity contribution in [1.82, 2.24) is 10.0 Å². The maximum Gasteiger partial charge on any atom is 0.240 e. The van der Waals surface area contributed by atoms with E-state index in [0.29, 0.717) is 18.2 Å². The van der Waals surface area contributed by atoms with Gasteiger partial charge in [0.15, 0.2) is 0 Å². The second kappa shape index (κ2) is 7.90. The summed E-state index contributed by atoms with van der Waals surface area (Å²) >= 11 is 0. The van der Waals surface area contributed by atoms with Gasteiger partial charge in [0, 0.05) is 19.2 Å². The van der Waals surface area contributed by atoms with E-state index < -0.39 is 10.0 Å². The van der Waals surface area contributed by atoms with Crippen LogP contribution in [-0.4, -0.2) is 34.0 Å². The molecule has 1 aliphatic rings. The van der Waals surface area contributed by atoms with Gasteiger partial charge < -0.3 is 10.6 Å². The number of amides is 1. The third-order valence-electron chi connectivity index (χ3n) is 4.07. The van der Waals surface area contributed by atoms with Gasteiger partial charge in [-0.2, -0.15) is 0 Å². The lowest BCUT2D eigenvalue weighted by molar-refractivity contribution is -0.114. The Hall–Kier alpha value is -1.44. The van der Waals surface area contributed by atoms with Crippen LogP contribution in [0.2, 0.25) is 0 Å². The molecule has 1 saturated heterocycles. The molecule has 1 aliphatic heterocycles. The van der Waals surface area contributed by atoms with Crippen molar-refractivity contribution >= 4 is 21.6 Å². The SMILES string of the molecule is CC(=O)Nc1cc(S(=O)(=O)NCCC2CCCNC2)ccc1C. The zero-order valence-electron chi connectivity index (χ0n) is 13.7. The number of rotatable bonds is 6. The Balaban J connectivity index is 1.99. The molecule has 1 aromatic carbocycles. The third kappa shape index (κ3) is 5.30. The Bertz CT molecular complexity index is 653. The summed E-state index contributed by atoms with van der Waals surface area (Å²) in [7, 11) is -3.56. The number of carbonyl (C=O) groups is 1. The average Bonchev–Trinajstić information content (AvgIpc) is 2.50. The van der Waals surface area contributed by atoms with Gasteiger partial charge in [-0.05, 0) is 62.9 Å². The van der Waals surface area contributed by atoms with E-state index in [-0.39, 0.29) is 10.8 Å². The fourth-order valence-corrected chi connectivity index (χ4v) is 3.82. The summed E-state index contributed by atoms with van der Waals surface area (Å²) in [6.07, 6.45) is 3.12. The van der Waals surface area contributed by atoms with Crippen molar-refractivity contribution in [2.45, 2.75) is 38.0 Å². The van der Waals surface area contributed by atoms with Crippen molar-refractivity contribution in [3.05, 3.63) is 23.8 Å². The predicted molar refractivity (Wildman–Crippen MR) is 90.9 cm³/mol. The Morgan fingerprint density at radius 1 is 1.39 bits per heavy atom. The van der Waals surface area contributed by atoms with E-state index in [1.807, 2.05) is 6.92 Å². The van der Waals surface area contributed by atoms with Crippen LogP contribution < -0.4 is 15.4 Å². The van der Waals surface area contributed by atoms with Gasteiger partial charge in [0.1, 0.15) is 0 Å². The molecule has 1 aromatic rings. The van der Waals surface area contributed by atoms with Gasteiger partial charge in [-0.3, -0.25) is 4.79 Å². The molecular weight excluding hydrogens is 314 g/mol. The van der Waals surface area contributed by atoms with Crippen molar-refractivity contribution in [1.29, 1.82) is 0 Å². The Kier molecular flexibility index (Phi) is 6.15. The van der Waals surface area contributed by atoms with Gasteiger partial charge in [0.05, 0.1) is 4.90 Å². The maximum atomic E-state index is 12.4. The first-order valence-corrected chi connectivity index (χ1v) is 9.45. The van der Waals surface area contributed by atoms with Crippen LogP contribution in [0.15, 0.2) is 23.1 Å². The highest BCUT2D eigenvalue weighted by atomic mass is 32.2. The fourth-order valence-electron chi connectivity index (χ4n) is 2.74. The van der Waals surface area contributed by atoms with E-state index in [1.165, 1.54) is 13.0 Å². The second-order valence-electron chi connectivity index (χ2n) is 6.06. The first kappa shape index (κ1) is 17.9. The van der Waals surface area contributed by atoms with Crippen LogP contribution in [0.25, 0.3) is 0 Å². The topological polar surface area (TPSA) is 87.3 Å². The van der Waals surface area contributed by atoms with Crippen molar-refractivity contribution in [3.63, 3.8) is 0 Å². The maximum absolute atomic E-state index is 12.4. The van der Waals surface area contributed by atoms with Gasteiger partial charge in [0.25, 0.3) is 0 Å². The van der Waals surface area contributed by atoms with E-state index in [9.17, 15) is 13.2 Å². The number of benzene rings is 1. The number of aryl methyl sites for hydroxylation is 1. The van der Waals surface area contributed by atoms with Gasteiger partial charge in [0.2, 0.25) is 15.9 Å². The van der Waals surface area contributed by atoms with E-state index >= 15 is 0 Å². The highest BCUT2D eigenvalue weighted by molar-refractivity contribution is 7.89. The molecule has 7 heteroatoms. The summed E-state index contributed by atoms with van der Waals surface area (Å²) in [4.78, 5) is 11.4. The van der Waals surface area contributed by atoms with Crippen LogP contribution in [0.5, 0.6) is 0 Å². The molecule has 1 unspecified atom stereocenters. The minimum atomic E-state index is -3.56. The number of carbonyl (C=O) groups excluding carboxylic acids is 1. The lowest BCUT2D eigenvalue weighted by atomic mass is 9.96. The fraction of sp³-hybridized carbons (Fsp3) is 0.562. The molecule has 1 heterocycles. The molecule has 0 aromatic heterocycles. The van der Waals surface area contributed by atoms with E-state index in [1.54, 1.807) is 12.1 Å². The van der Waals surface area contributed by atoms with E-state index in [4.69, 9.17) is 0 Å². The van der Waals surface area contributed by atoms with Crippen LogP contribution >= 0.6 is 0 Å². The number of hydrogen-bond donors (Lipinski definition) is 3. The van der Waals surface area contributed by atoms with Crippen molar-refractivity contribution < 1.29 is 13.2 Å². The number of anilines is 1. The quantitative estimate of drug-likeness (QED) is 0.735. The smallest absolute Gasteiger partial charge is 0.240 e. The van der Waals surface area contributed by atoms with Gasteiger partial charge >= 0.3 is 0 Å². The zero-order valence-corrected chi connectivity index (χ0v) is 14.5. The minimum absolute atomic E-state index is 0.175. The molecule has 1 fully saturated rings. The molecule has 128 valence electrons. The summed E-state index contributed by atoms with van der Waals surface area (Å²) in [5.74, 6) is 0.305. The molecule has 23 heavy (non-hydrogen) atoms. The number of hydrogen-bond acceptors (Lipinski definition) is 4. The average molecular weight is 339 g/mol. The van der Waals surface area contributed by atoms with Gasteiger partial charge in [-0.1, -0.05) is 6.07 Å². The lowest BCUT2D eigenvalue weighted by Crippen LogP contribution is -2.33. The van der Waals surface area contributed by atoms with Crippen LogP contribution in [0.4, 0.5) is 5.69 Å². The molecule has 0 spiro atoms. The van der Waals surface area contributed by atoms with Crippen LogP contribution in [0.3, 0.4) is 0 Å². The molecule has 0 aliphatic carbocycles. The minimum Gasteiger partial charge on any atom is -0.326 e. The Morgan fingerprint density at radius 2 is 2.17 bits per heavy atom. The number of piperidine rings is 1. The summed E-state index contributed by atoms with van der Waals surface area (Å²) in [6.45, 7) is 5.66. The molecule has 0 bridgehead atoms. The molecule has 0 saturated carbocycles. The van der Waals surface area contributed by atoms with Crippen LogP contribution in [0, 0.1) is 12.8 Å². The Labute approximate surface area is 138 Å². The molecule has 1 amide bonds. The van der Waals surface area contributed by atoms with E-state index in [0.717, 1.165) is 37.9 Å². The third-order valence-corrected chi connectivity index (χ3v) is 5.53. The predicted octanol–water partition coefficient (Wildman–Crippen LogP) is 1.62. The van der Waals surface area contributed by atoms with E-state index in [2.05, 4.69) is 15.4 Å². The zero-order chi connectivity index (χ0) is 16.9. The van der Waals surface area contributed by atoms with Crippen molar-refractivity contribution in [2.24, 2.45) is 5.92 Å². The normalized spacial score (nSPS) is 18.6. The van der Waals surface area contributed by atoms with Crippen LogP contribution in [-0.2, 0) is 14.8 Å². The van der Waals surface area contributed by atoms with Gasteiger partial charge in [-0.25, -0.2) is 13.1 Å². The second-order valence-corrected chi connectivity index (χ2v) is 7.82. The number of sulfonamides is 1. The molecule has 3 N–H and O–H groups in total. The van der Waals surface area contributed by atoms with Crippen molar-refractivity contribution in [3.8, 4) is 0 Å². The van der Waals surface area contributed by atoms with Crippen LogP contribution in [0.1, 0.15) is 31.7 Å². The standard InChI is InChI=1S/C16H25N3O3S/c1-12-5-6-15(10-16(12)19-13(2)20)23(21,22)18-9-7-14-4-3-8-17-11-14/h5-6,10,14,17-18H,3-4,7-9,11H2,1-2H3,(H,19,20). The Morgan fingerprint density at radius 3 is 2.83 bits per heavy atom. The summed E-state index contributed by atoms with van der Waals surface area (Å²) in [5.41, 5.74) is 1.35. The van der Waals surface area contributed by atoms with Crippen molar-refractivity contribution in [2.75, 3.05) is 25.0 Å². The molecule has 0 radical (unpaired) electrons. The largest absolute Gasteiger partial charge is 0.326 e. The summed E-state index contributed by atoms with van der Waals surface area (Å²) in [6, 6.07) is 4.76. The summed E-state index contributed by atoms with van der Waals surface area (Å²) in [5, 5.41) is 5.98.